The van der Waals surface area contributed by atoms with Crippen LogP contribution in [0.3, 0.4) is 0 Å². The van der Waals surface area contributed by atoms with Crippen molar-refractivity contribution in [3.05, 3.63) is 48.0 Å². The fourth-order valence-electron chi connectivity index (χ4n) is 2.51. The molecule has 5 heteroatoms. The van der Waals surface area contributed by atoms with E-state index in [1.807, 2.05) is 36.4 Å². The molecule has 2 unspecified atom stereocenters. The summed E-state index contributed by atoms with van der Waals surface area (Å²) in [6, 6.07) is 8.35. The summed E-state index contributed by atoms with van der Waals surface area (Å²) in [6.45, 7) is 0.127. The average Bonchev–Trinajstić information content (AvgIpc) is 2.54. The largest absolute Gasteiger partial charge is 0.480 e. The Morgan fingerprint density at radius 1 is 1.32 bits per heavy atom. The van der Waals surface area contributed by atoms with E-state index in [1.54, 1.807) is 0 Å². The molecule has 0 radical (unpaired) electrons. The number of carboxylic acid groups (broad SMARTS) is 1. The number of amides is 1. The van der Waals surface area contributed by atoms with Crippen molar-refractivity contribution in [2.45, 2.75) is 38.3 Å². The highest BCUT2D eigenvalue weighted by Gasteiger charge is 2.24. The van der Waals surface area contributed by atoms with Gasteiger partial charge in [0.25, 0.3) is 0 Å². The van der Waals surface area contributed by atoms with Crippen LogP contribution in [0.25, 0.3) is 0 Å². The van der Waals surface area contributed by atoms with E-state index < -0.39 is 18.1 Å². The molecular formula is C17H21NO4. The van der Waals surface area contributed by atoms with Gasteiger partial charge in [0.15, 0.2) is 0 Å². The molecule has 0 aliphatic heterocycles. The summed E-state index contributed by atoms with van der Waals surface area (Å²) in [6.07, 6.45) is 6.87. The highest BCUT2D eigenvalue weighted by molar-refractivity contribution is 5.79. The minimum Gasteiger partial charge on any atom is -0.480 e. The normalized spacial score (nSPS) is 18.5. The number of rotatable bonds is 6. The van der Waals surface area contributed by atoms with Gasteiger partial charge in [-0.1, -0.05) is 42.5 Å². The third kappa shape index (κ3) is 5.24. The first-order valence-electron chi connectivity index (χ1n) is 7.52. The Balaban J connectivity index is 1.82. The molecule has 0 heterocycles. The van der Waals surface area contributed by atoms with Crippen LogP contribution in [0.15, 0.2) is 42.5 Å². The number of carbonyl (C=O) groups excluding carboxylic acids is 1. The molecule has 1 aliphatic rings. The van der Waals surface area contributed by atoms with Crippen molar-refractivity contribution in [2.24, 2.45) is 5.92 Å². The lowest BCUT2D eigenvalue weighted by atomic mass is 9.90. The molecule has 1 aromatic carbocycles. The van der Waals surface area contributed by atoms with E-state index >= 15 is 0 Å². The van der Waals surface area contributed by atoms with Crippen LogP contribution in [0, 0.1) is 5.92 Å². The molecule has 0 spiro atoms. The predicted molar refractivity (Wildman–Crippen MR) is 82.3 cm³/mol. The number of hydrogen-bond donors (Lipinski definition) is 2. The first kappa shape index (κ1) is 16.1. The van der Waals surface area contributed by atoms with Crippen LogP contribution < -0.4 is 5.32 Å². The maximum atomic E-state index is 11.8. The van der Waals surface area contributed by atoms with Crippen molar-refractivity contribution >= 4 is 12.1 Å². The van der Waals surface area contributed by atoms with Crippen molar-refractivity contribution < 1.29 is 19.4 Å². The Bertz CT molecular complexity index is 527. The molecule has 1 aromatic rings. The maximum absolute atomic E-state index is 11.8. The zero-order valence-electron chi connectivity index (χ0n) is 12.4. The maximum Gasteiger partial charge on any atom is 0.408 e. The van der Waals surface area contributed by atoms with E-state index in [0.29, 0.717) is 6.42 Å². The number of allylic oxidation sites excluding steroid dienone is 2. The Morgan fingerprint density at radius 3 is 2.73 bits per heavy atom. The molecule has 5 nitrogen and oxygen atoms in total. The fourth-order valence-corrected chi connectivity index (χ4v) is 2.51. The van der Waals surface area contributed by atoms with E-state index in [0.717, 1.165) is 24.8 Å². The Hall–Kier alpha value is -2.30. The molecule has 2 N–H and O–H groups in total. The second-order valence-corrected chi connectivity index (χ2v) is 5.45. The second-order valence-electron chi connectivity index (χ2n) is 5.45. The van der Waals surface area contributed by atoms with E-state index in [1.165, 1.54) is 0 Å². The first-order chi connectivity index (χ1) is 10.6. The van der Waals surface area contributed by atoms with E-state index in [4.69, 9.17) is 4.74 Å². The lowest BCUT2D eigenvalue weighted by Gasteiger charge is -2.21. The zero-order chi connectivity index (χ0) is 15.8. The number of alkyl carbamates (subject to hydrolysis) is 1. The van der Waals surface area contributed by atoms with Crippen LogP contribution in [-0.4, -0.2) is 23.2 Å². The number of hydrogen-bond acceptors (Lipinski definition) is 3. The van der Waals surface area contributed by atoms with Gasteiger partial charge in [0, 0.05) is 0 Å². The molecule has 2 atom stereocenters. The van der Waals surface area contributed by atoms with Crippen molar-refractivity contribution in [2.75, 3.05) is 0 Å². The number of aliphatic carboxylic acids is 1. The van der Waals surface area contributed by atoms with Crippen molar-refractivity contribution in [1.29, 1.82) is 0 Å². The molecule has 1 aliphatic carbocycles. The SMILES string of the molecule is O=C(NC(CC1C=CCCC1)C(=O)O)OCc1ccccc1. The topological polar surface area (TPSA) is 75.6 Å². The summed E-state index contributed by atoms with van der Waals surface area (Å²) in [5, 5.41) is 11.7. The molecule has 0 bridgehead atoms. The van der Waals surface area contributed by atoms with Crippen LogP contribution in [-0.2, 0) is 16.1 Å². The van der Waals surface area contributed by atoms with Crippen LogP contribution in [0.5, 0.6) is 0 Å². The molecule has 1 amide bonds. The highest BCUT2D eigenvalue weighted by Crippen LogP contribution is 2.21. The monoisotopic (exact) mass is 303 g/mol. The summed E-state index contributed by atoms with van der Waals surface area (Å²) in [5.74, 6) is -0.833. The number of benzene rings is 1. The Kier molecular flexibility index (Phi) is 6.01. The first-order valence-corrected chi connectivity index (χ1v) is 7.52. The third-order valence-electron chi connectivity index (χ3n) is 3.70. The Labute approximate surface area is 130 Å². The quantitative estimate of drug-likeness (QED) is 0.792. The summed E-state index contributed by atoms with van der Waals surface area (Å²) in [5.41, 5.74) is 0.861. The van der Waals surface area contributed by atoms with Crippen molar-refractivity contribution in [3.63, 3.8) is 0 Å². The van der Waals surface area contributed by atoms with Gasteiger partial charge in [-0.25, -0.2) is 9.59 Å². The van der Waals surface area contributed by atoms with E-state index in [2.05, 4.69) is 11.4 Å². The van der Waals surface area contributed by atoms with E-state index in [-0.39, 0.29) is 12.5 Å². The second kappa shape index (κ2) is 8.22. The van der Waals surface area contributed by atoms with Crippen LogP contribution in [0.1, 0.15) is 31.2 Å². The lowest BCUT2D eigenvalue weighted by Crippen LogP contribution is -2.42. The molecule has 0 saturated heterocycles. The highest BCUT2D eigenvalue weighted by atomic mass is 16.5. The van der Waals surface area contributed by atoms with Crippen LogP contribution in [0.4, 0.5) is 4.79 Å². The summed E-state index contributed by atoms with van der Waals surface area (Å²) >= 11 is 0. The summed E-state index contributed by atoms with van der Waals surface area (Å²) < 4.78 is 5.07. The molecule has 0 saturated carbocycles. The van der Waals surface area contributed by atoms with Crippen molar-refractivity contribution in [3.8, 4) is 0 Å². The van der Waals surface area contributed by atoms with Crippen molar-refractivity contribution in [1.82, 2.24) is 5.32 Å². The average molecular weight is 303 g/mol. The van der Waals surface area contributed by atoms with Gasteiger partial charge in [-0.15, -0.1) is 0 Å². The van der Waals surface area contributed by atoms with E-state index in [9.17, 15) is 14.7 Å². The minimum atomic E-state index is -1.03. The van der Waals surface area contributed by atoms with Gasteiger partial charge in [-0.05, 0) is 37.2 Å². The summed E-state index contributed by atoms with van der Waals surface area (Å²) in [4.78, 5) is 23.0. The lowest BCUT2D eigenvalue weighted by molar-refractivity contribution is -0.139. The van der Waals surface area contributed by atoms with Gasteiger partial charge in [0.05, 0.1) is 0 Å². The van der Waals surface area contributed by atoms with Crippen LogP contribution in [0.2, 0.25) is 0 Å². The standard InChI is InChI=1S/C17H21NO4/c19-16(20)15(11-13-7-3-1-4-8-13)18-17(21)22-12-14-9-5-2-6-10-14/h2-3,5-7,9-10,13,15H,1,4,8,11-12H2,(H,18,21)(H,19,20). The van der Waals surface area contributed by atoms with Gasteiger partial charge < -0.3 is 15.2 Å². The number of nitrogens with one attached hydrogen (secondary N) is 1. The molecule has 22 heavy (non-hydrogen) atoms. The predicted octanol–water partition coefficient (Wildman–Crippen LogP) is 3.11. The van der Waals surface area contributed by atoms with Gasteiger partial charge in [0.2, 0.25) is 0 Å². The molecular weight excluding hydrogens is 282 g/mol. The van der Waals surface area contributed by atoms with Gasteiger partial charge in [-0.2, -0.15) is 0 Å². The number of ether oxygens (including phenoxy) is 1. The molecule has 0 fully saturated rings. The number of carbonyl (C=O) groups is 2. The zero-order valence-corrected chi connectivity index (χ0v) is 12.4. The molecule has 2 rings (SSSR count). The Morgan fingerprint density at radius 2 is 2.09 bits per heavy atom. The van der Waals surface area contributed by atoms with Gasteiger partial charge in [-0.3, -0.25) is 0 Å². The smallest absolute Gasteiger partial charge is 0.408 e. The van der Waals surface area contributed by atoms with Crippen LogP contribution >= 0.6 is 0 Å². The molecule has 0 aromatic heterocycles. The van der Waals surface area contributed by atoms with Gasteiger partial charge >= 0.3 is 12.1 Å². The number of carboxylic acids is 1. The molecule has 118 valence electrons. The summed E-state index contributed by atoms with van der Waals surface area (Å²) in [7, 11) is 0. The third-order valence-corrected chi connectivity index (χ3v) is 3.70. The fraction of sp³-hybridized carbons (Fsp3) is 0.412. The minimum absolute atomic E-state index is 0.127. The van der Waals surface area contributed by atoms with Gasteiger partial charge in [0.1, 0.15) is 12.6 Å².